The van der Waals surface area contributed by atoms with Crippen LogP contribution < -0.4 is 6.15 Å². The molecule has 3 nitrogen and oxygen atoms in total. The van der Waals surface area contributed by atoms with Gasteiger partial charge in [0.05, 0.1) is 0 Å². The van der Waals surface area contributed by atoms with E-state index in [1.165, 1.54) is 0 Å². The second kappa shape index (κ2) is 481. The van der Waals surface area contributed by atoms with Gasteiger partial charge in [-0.15, -0.1) is 0 Å². The molecule has 0 unspecified atom stereocenters. The van der Waals surface area contributed by atoms with Crippen LogP contribution in [0.1, 0.15) is 0 Å². The summed E-state index contributed by atoms with van der Waals surface area (Å²) < 4.78 is 0. The fourth-order valence-electron chi connectivity index (χ4n) is 0. The van der Waals surface area contributed by atoms with Gasteiger partial charge in [-0.3, -0.25) is 0 Å². The van der Waals surface area contributed by atoms with Crippen LogP contribution in [-0.4, -0.2) is 21.9 Å². The molecule has 0 atom stereocenters. The Balaban J connectivity index is 0. The fraction of sp³-hybridized carbons (Fsp3) is 0. The van der Waals surface area contributed by atoms with Crippen LogP contribution in [-0.2, 0) is 11.0 Å². The largest absolute Gasteiger partial charge is 0 e. The molecule has 0 heterocycles. The van der Waals surface area contributed by atoms with Gasteiger partial charge >= 0.3 is 0 Å². The molecule has 0 aliphatic heterocycles. The van der Waals surface area contributed by atoms with Gasteiger partial charge in [0.1, 0.15) is 0 Å². The van der Waals surface area contributed by atoms with E-state index in [1.54, 1.807) is 0 Å². The van der Waals surface area contributed by atoms with Crippen LogP contribution in [0, 0.1) is 0 Å². The zero-order valence-corrected chi connectivity index (χ0v) is 4.26. The summed E-state index contributed by atoms with van der Waals surface area (Å²) in [6, 6.07) is 0. The van der Waals surface area contributed by atoms with Gasteiger partial charge in [-0.2, -0.15) is 0 Å². The van der Waals surface area contributed by atoms with E-state index in [1.807, 2.05) is 0 Å². The summed E-state index contributed by atoms with van der Waals surface area (Å²) in [5, 5.41) is 0. The lowest BCUT2D eigenvalue weighted by Crippen LogP contribution is -0.481. The average Bonchev–Trinajstić information content (AvgIpc) is 0. The van der Waals surface area contributed by atoms with Crippen LogP contribution in [0.3, 0.4) is 0 Å². The van der Waals surface area contributed by atoms with Crippen molar-refractivity contribution in [3.63, 3.8) is 0 Å². The molecule has 0 aromatic heterocycles. The van der Waals surface area contributed by atoms with Gasteiger partial charge in [-0.1, -0.05) is 0 Å². The molecule has 0 aliphatic carbocycles. The van der Waals surface area contributed by atoms with Crippen molar-refractivity contribution < 1.29 is 11.0 Å². The standard InChI is InChI=1S/N.2O.2Si. The molecule has 0 N–H and O–H groups in total. The first-order valence-electron chi connectivity index (χ1n) is 0. The summed E-state index contributed by atoms with van der Waals surface area (Å²) in [5.74, 6) is 0. The summed E-state index contributed by atoms with van der Waals surface area (Å²) in [4.78, 5) is 0. The Kier molecular flexibility index (Phi) is 96700. The van der Waals surface area contributed by atoms with Crippen molar-refractivity contribution in [2.45, 2.75) is 0 Å². The highest BCUT2D eigenvalue weighted by atomic mass is 28.1. The maximum atomic E-state index is 0. The molecule has 0 aliphatic rings. The topological polar surface area (TPSA) is 87.5 Å². The van der Waals surface area contributed by atoms with Crippen LogP contribution in [0.5, 0.6) is 0 Å². The fourth-order valence-corrected chi connectivity index (χ4v) is 0. The van der Waals surface area contributed by atoms with E-state index in [4.69, 9.17) is 0 Å². The lowest BCUT2D eigenvalue weighted by Gasteiger charge is -0.00100. The molecule has 0 saturated heterocycles. The quantitative estimate of drug-likeness (QED) is 0.334. The third-order valence-electron chi connectivity index (χ3n) is 0. The van der Waals surface area contributed by atoms with Crippen molar-refractivity contribution in [1.82, 2.24) is 6.15 Å². The third-order valence-corrected chi connectivity index (χ3v) is 0. The second-order valence-corrected chi connectivity index (χ2v) is 0. The number of hydrogen-bond acceptors (Lipinski definition) is 0. The normalized spacial score (nSPS) is 0. The van der Waals surface area contributed by atoms with Gasteiger partial charge in [0, 0.05) is 39.0 Å². The maximum absolute atomic E-state index is 0. The summed E-state index contributed by atoms with van der Waals surface area (Å²) in [5.41, 5.74) is 0. The third kappa shape index (κ3) is 235. The van der Waals surface area contributed by atoms with Crippen molar-refractivity contribution in [1.29, 1.82) is 0 Å². The summed E-state index contributed by atoms with van der Waals surface area (Å²) >= 11 is 0. The predicted octanol–water partition coefficient (Wildman–Crippen LogP) is -1.48. The van der Waals surface area contributed by atoms with Gasteiger partial charge < -0.3 is 0 Å². The van der Waals surface area contributed by atoms with Crippen molar-refractivity contribution in [2.24, 2.45) is 0 Å². The van der Waals surface area contributed by atoms with Crippen molar-refractivity contribution in [3.05, 3.63) is 0 Å². The van der Waals surface area contributed by atoms with Crippen LogP contribution in [0.2, 0.25) is 0 Å². The highest BCUT2D eigenvalue weighted by molar-refractivity contribution is 5.76. The minimum Gasteiger partial charge on any atom is 0 e. The van der Waals surface area contributed by atoms with Gasteiger partial charge in [-0.25, -0.2) is 0 Å². The first-order valence-corrected chi connectivity index (χ1v) is 0. The first kappa shape index (κ1) is 1000. The Labute approximate surface area is 40.0 Å². The SMILES string of the molecule is [N].[O].[O].[Si].[Si]. The molecule has 0 amide bonds. The van der Waals surface area contributed by atoms with Crippen molar-refractivity contribution in [3.8, 4) is 0 Å². The summed E-state index contributed by atoms with van der Waals surface area (Å²) in [6.45, 7) is 0. The Morgan fingerprint density at radius 3 is 0.600 bits per heavy atom. The number of rotatable bonds is 0. The van der Waals surface area contributed by atoms with Crippen molar-refractivity contribution in [2.75, 3.05) is 0 Å². The molecule has 0 fully saturated rings. The summed E-state index contributed by atoms with van der Waals surface area (Å²) in [6.07, 6.45) is 0. The van der Waals surface area contributed by atoms with Crippen molar-refractivity contribution >= 4 is 21.9 Å². The minimum atomic E-state index is 0. The van der Waals surface area contributed by atoms with E-state index in [-0.39, 0.29) is 39.0 Å². The molecule has 25 valence electrons. The van der Waals surface area contributed by atoms with E-state index in [0.29, 0.717) is 0 Å². The molecule has 0 bridgehead atoms. The monoisotopic (exact) mass is 102 g/mol. The van der Waals surface area contributed by atoms with E-state index in [0.717, 1.165) is 0 Å². The smallest absolute Gasteiger partial charge is 0 e. The molecule has 0 aromatic rings. The molecule has 0 rings (SSSR count). The Hall–Kier alpha value is 0.314. The highest BCUT2D eigenvalue weighted by Gasteiger charge is 0.00400. The van der Waals surface area contributed by atoms with E-state index >= 15 is 0 Å². The zero-order valence-electron chi connectivity index (χ0n) is 2.26. The second-order valence-electron chi connectivity index (χ2n) is 0. The maximum Gasteiger partial charge on any atom is 0 e. The van der Waals surface area contributed by atoms with Crippen LogP contribution in [0.4, 0.5) is 0 Å². The molecule has 0 aromatic carbocycles. The zero-order chi connectivity index (χ0) is 0. The first-order chi connectivity index (χ1) is 0. The Bertz CT molecular complexity index is 7.61. The van der Waals surface area contributed by atoms with Gasteiger partial charge in [0.25, 0.3) is 0 Å². The minimum absolute atomic E-state index is 0. The molecule has 5 heavy (non-hydrogen) atoms. The molecular weight excluding hydrogens is 102 g/mol. The number of nitrogens with zero attached hydrogens (tertiary/aromatic N) is 1. The molecular formula is NO2Si2. The number of hydrogen-bond donors (Lipinski definition) is 0. The van der Waals surface area contributed by atoms with Crippen LogP contribution >= 0.6 is 0 Å². The van der Waals surface area contributed by atoms with Gasteiger partial charge in [0.15, 0.2) is 0 Å². The molecule has 15 radical (unpaired) electrons. The molecule has 0 saturated carbocycles. The van der Waals surface area contributed by atoms with E-state index < -0.39 is 0 Å². The molecule has 5 heteroatoms. The predicted molar refractivity (Wildman–Crippen MR) is 15.0 cm³/mol. The lowest BCUT2D eigenvalue weighted by atomic mass is 14.0. The van der Waals surface area contributed by atoms with E-state index in [2.05, 4.69) is 0 Å². The van der Waals surface area contributed by atoms with E-state index in [9.17, 15) is 0 Å². The average molecular weight is 102 g/mol. The van der Waals surface area contributed by atoms with Gasteiger partial charge in [0.2, 0.25) is 0 Å². The Morgan fingerprint density at radius 1 is 0.600 bits per heavy atom. The highest BCUT2D eigenvalue weighted by Crippen LogP contribution is -0.118. The lowest BCUT2D eigenvalue weighted by molar-refractivity contribution is 0.685. The summed E-state index contributed by atoms with van der Waals surface area (Å²) in [7, 11) is 0. The van der Waals surface area contributed by atoms with Gasteiger partial charge in [-0.05, 0) is 0 Å². The molecule has 0 spiro atoms. The van der Waals surface area contributed by atoms with Crippen LogP contribution in [0.25, 0.3) is 0 Å². The Morgan fingerprint density at radius 2 is 0.600 bits per heavy atom. The van der Waals surface area contributed by atoms with Crippen LogP contribution in [0.15, 0.2) is 0 Å².